The van der Waals surface area contributed by atoms with Crippen LogP contribution < -0.4 is 0 Å². The van der Waals surface area contributed by atoms with Crippen LogP contribution in [0.5, 0.6) is 0 Å². The maximum Gasteiger partial charge on any atom is 0.0233 e. The number of benzene rings is 1. The van der Waals surface area contributed by atoms with Gasteiger partial charge in [0.15, 0.2) is 0 Å². The molecule has 1 fully saturated rings. The van der Waals surface area contributed by atoms with Crippen molar-refractivity contribution < 1.29 is 20.1 Å². The SMILES string of the molecule is C[C@@H]1CC(/C=C\c2ccc(-c3[c-]cccc3)nc2)C[C@H](C)C1.[Ir]. The molecule has 2 heteroatoms. The normalized spacial score (nSPS) is 24.3. The van der Waals surface area contributed by atoms with E-state index in [1.807, 2.05) is 30.5 Å². The summed E-state index contributed by atoms with van der Waals surface area (Å²) >= 11 is 0. The van der Waals surface area contributed by atoms with Crippen molar-refractivity contribution >= 4 is 6.08 Å². The smallest absolute Gasteiger partial charge is 0.0233 e. The van der Waals surface area contributed by atoms with Crippen molar-refractivity contribution in [3.63, 3.8) is 0 Å². The molecule has 23 heavy (non-hydrogen) atoms. The van der Waals surface area contributed by atoms with Crippen molar-refractivity contribution in [1.82, 2.24) is 4.98 Å². The average molecular weight is 483 g/mol. The van der Waals surface area contributed by atoms with E-state index in [9.17, 15) is 0 Å². The molecule has 1 aliphatic carbocycles. The van der Waals surface area contributed by atoms with Gasteiger partial charge in [-0.05, 0) is 48.3 Å². The second-order valence-electron chi connectivity index (χ2n) is 6.79. The number of pyridine rings is 1. The van der Waals surface area contributed by atoms with E-state index < -0.39 is 0 Å². The van der Waals surface area contributed by atoms with E-state index in [1.165, 1.54) is 24.8 Å². The molecule has 1 unspecified atom stereocenters. The first-order valence-corrected chi connectivity index (χ1v) is 8.32. The molecule has 1 radical (unpaired) electrons. The third kappa shape index (κ3) is 5.12. The van der Waals surface area contributed by atoms with E-state index in [-0.39, 0.29) is 20.1 Å². The molecule has 0 N–H and O–H groups in total. The summed E-state index contributed by atoms with van der Waals surface area (Å²) in [7, 11) is 0. The van der Waals surface area contributed by atoms with Gasteiger partial charge in [0.1, 0.15) is 0 Å². The Hall–Kier alpha value is -1.24. The molecule has 1 saturated carbocycles. The Morgan fingerprint density at radius 3 is 2.43 bits per heavy atom. The van der Waals surface area contributed by atoms with Crippen LogP contribution in [0.4, 0.5) is 0 Å². The molecular weight excluding hydrogens is 458 g/mol. The first-order valence-electron chi connectivity index (χ1n) is 8.32. The van der Waals surface area contributed by atoms with Crippen LogP contribution in [0, 0.1) is 23.8 Å². The van der Waals surface area contributed by atoms with Gasteiger partial charge in [-0.2, -0.15) is 0 Å². The number of allylic oxidation sites excluding steroid dienone is 1. The Balaban J connectivity index is 0.00000192. The Bertz CT molecular complexity index is 608. The van der Waals surface area contributed by atoms with Crippen LogP contribution in [0.2, 0.25) is 0 Å². The Labute approximate surface area is 153 Å². The summed E-state index contributed by atoms with van der Waals surface area (Å²) in [4.78, 5) is 4.56. The van der Waals surface area contributed by atoms with Gasteiger partial charge >= 0.3 is 0 Å². The van der Waals surface area contributed by atoms with Crippen molar-refractivity contribution in [2.24, 2.45) is 17.8 Å². The first-order chi connectivity index (χ1) is 10.7. The molecule has 0 amide bonds. The van der Waals surface area contributed by atoms with E-state index >= 15 is 0 Å². The molecular formula is C21H24IrN-. The summed E-state index contributed by atoms with van der Waals surface area (Å²) in [5.74, 6) is 2.43. The summed E-state index contributed by atoms with van der Waals surface area (Å²) in [6.07, 6.45) is 10.6. The maximum absolute atomic E-state index is 4.56. The molecule has 3 atom stereocenters. The summed E-state index contributed by atoms with van der Waals surface area (Å²) < 4.78 is 0. The monoisotopic (exact) mass is 483 g/mol. The molecule has 1 heterocycles. The van der Waals surface area contributed by atoms with Crippen molar-refractivity contribution in [1.29, 1.82) is 0 Å². The molecule has 0 spiro atoms. The quantitative estimate of drug-likeness (QED) is 0.517. The molecule has 1 aliphatic rings. The van der Waals surface area contributed by atoms with Gasteiger partial charge in [-0.3, -0.25) is 0 Å². The van der Waals surface area contributed by atoms with E-state index in [2.05, 4.69) is 49.2 Å². The number of hydrogen-bond acceptors (Lipinski definition) is 1. The zero-order valence-corrected chi connectivity index (χ0v) is 16.2. The third-order valence-corrected chi connectivity index (χ3v) is 4.55. The first kappa shape index (κ1) is 18.1. The summed E-state index contributed by atoms with van der Waals surface area (Å²) in [5, 5.41) is 0. The zero-order valence-electron chi connectivity index (χ0n) is 13.8. The van der Waals surface area contributed by atoms with Crippen molar-refractivity contribution in [3.05, 3.63) is 60.3 Å². The van der Waals surface area contributed by atoms with Crippen LogP contribution in [0.15, 0.2) is 48.7 Å². The molecule has 2 aromatic rings. The van der Waals surface area contributed by atoms with Crippen molar-refractivity contribution in [3.8, 4) is 11.3 Å². The number of hydrogen-bond donors (Lipinski definition) is 0. The van der Waals surface area contributed by atoms with Crippen LogP contribution in [-0.4, -0.2) is 4.98 Å². The van der Waals surface area contributed by atoms with Crippen LogP contribution in [0.1, 0.15) is 38.7 Å². The topological polar surface area (TPSA) is 12.9 Å². The van der Waals surface area contributed by atoms with Crippen LogP contribution >= 0.6 is 0 Å². The molecule has 1 aromatic heterocycles. The zero-order chi connectivity index (χ0) is 15.4. The predicted molar refractivity (Wildman–Crippen MR) is 93.2 cm³/mol. The van der Waals surface area contributed by atoms with Gasteiger partial charge in [-0.15, -0.1) is 35.9 Å². The standard InChI is InChI=1S/C21H24N.Ir/c1-16-12-17(2)14-19(13-16)9-8-18-10-11-21(22-15-18)20-6-4-3-5-7-20;/h3-6,8-11,15-17,19H,12-14H2,1-2H3;/q-1;/b9-8-;/t16-,17+,19?;. The van der Waals surface area contributed by atoms with Gasteiger partial charge in [0.25, 0.3) is 0 Å². The fourth-order valence-electron chi connectivity index (χ4n) is 3.63. The Kier molecular flexibility index (Phi) is 6.74. The maximum atomic E-state index is 4.56. The molecule has 0 saturated heterocycles. The minimum Gasteiger partial charge on any atom is -0.304 e. The molecule has 123 valence electrons. The number of nitrogens with zero attached hydrogens (tertiary/aromatic N) is 1. The molecule has 1 nitrogen and oxygen atoms in total. The fraction of sp³-hybridized carbons (Fsp3) is 0.381. The van der Waals surface area contributed by atoms with Crippen LogP contribution in [-0.2, 0) is 20.1 Å². The largest absolute Gasteiger partial charge is 0.304 e. The van der Waals surface area contributed by atoms with Gasteiger partial charge in [0.05, 0.1) is 0 Å². The van der Waals surface area contributed by atoms with Crippen LogP contribution in [0.3, 0.4) is 0 Å². The number of aromatic nitrogens is 1. The molecule has 3 rings (SSSR count). The fourth-order valence-corrected chi connectivity index (χ4v) is 3.63. The minimum absolute atomic E-state index is 0. The third-order valence-electron chi connectivity index (χ3n) is 4.55. The van der Waals surface area contributed by atoms with Crippen LogP contribution in [0.25, 0.3) is 17.3 Å². The van der Waals surface area contributed by atoms with E-state index in [0.29, 0.717) is 0 Å². The minimum atomic E-state index is 0. The number of rotatable bonds is 3. The van der Waals surface area contributed by atoms with Gasteiger partial charge in [-0.25, -0.2) is 0 Å². The predicted octanol–water partition coefficient (Wildman–Crippen LogP) is 5.63. The molecule has 0 bridgehead atoms. The average Bonchev–Trinajstić information content (AvgIpc) is 2.53. The van der Waals surface area contributed by atoms with Crippen molar-refractivity contribution in [2.75, 3.05) is 0 Å². The molecule has 0 aliphatic heterocycles. The second-order valence-corrected chi connectivity index (χ2v) is 6.79. The Morgan fingerprint density at radius 1 is 1.04 bits per heavy atom. The summed E-state index contributed by atoms with van der Waals surface area (Å²) in [5.41, 5.74) is 3.22. The van der Waals surface area contributed by atoms with E-state index in [0.717, 1.165) is 29.0 Å². The van der Waals surface area contributed by atoms with E-state index in [1.54, 1.807) is 0 Å². The van der Waals surface area contributed by atoms with Gasteiger partial charge < -0.3 is 4.98 Å². The van der Waals surface area contributed by atoms with E-state index in [4.69, 9.17) is 0 Å². The Morgan fingerprint density at radius 2 is 1.83 bits per heavy atom. The van der Waals surface area contributed by atoms with Gasteiger partial charge in [-0.1, -0.05) is 38.1 Å². The van der Waals surface area contributed by atoms with Gasteiger partial charge in [0.2, 0.25) is 0 Å². The molecule has 1 aromatic carbocycles. The summed E-state index contributed by atoms with van der Waals surface area (Å²) in [6.45, 7) is 4.76. The van der Waals surface area contributed by atoms with Crippen molar-refractivity contribution in [2.45, 2.75) is 33.1 Å². The summed E-state index contributed by atoms with van der Waals surface area (Å²) in [6, 6.07) is 15.4. The van der Waals surface area contributed by atoms with Gasteiger partial charge in [0, 0.05) is 26.3 Å². The second kappa shape index (κ2) is 8.57.